The molecule has 1 heterocycles. The van der Waals surface area contributed by atoms with Gasteiger partial charge in [0.2, 0.25) is 0 Å². The number of benzene rings is 4. The Morgan fingerprint density at radius 3 is 2.31 bits per heavy atom. The Labute approximate surface area is 297 Å². The summed E-state index contributed by atoms with van der Waals surface area (Å²) in [4.78, 5) is 55.9. The number of anilines is 2. The molecule has 2 N–H and O–H groups in total. The second kappa shape index (κ2) is 16.3. The van der Waals surface area contributed by atoms with Crippen LogP contribution in [0.5, 0.6) is 5.75 Å². The van der Waals surface area contributed by atoms with E-state index < -0.39 is 29.8 Å². The maximum atomic E-state index is 14.5. The van der Waals surface area contributed by atoms with Crippen LogP contribution in [0.15, 0.2) is 84.9 Å². The van der Waals surface area contributed by atoms with E-state index in [4.69, 9.17) is 18.9 Å². The van der Waals surface area contributed by atoms with Crippen molar-refractivity contribution in [3.8, 4) is 5.75 Å². The number of amides is 3. The Bertz CT molecular complexity index is 1870. The number of esters is 1. The van der Waals surface area contributed by atoms with Crippen LogP contribution in [0.1, 0.15) is 48.7 Å². The molecule has 0 fully saturated rings. The van der Waals surface area contributed by atoms with E-state index in [1.54, 1.807) is 51.0 Å². The first kappa shape index (κ1) is 36.5. The van der Waals surface area contributed by atoms with Crippen LogP contribution in [-0.4, -0.2) is 69.6 Å². The number of hydrogen-bond donors (Lipinski definition) is 2. The Kier molecular flexibility index (Phi) is 11.7. The topological polar surface area (TPSA) is 136 Å². The third kappa shape index (κ3) is 9.27. The lowest BCUT2D eigenvalue weighted by molar-refractivity contribution is -0.120. The number of nitrogens with one attached hydrogen (secondary N) is 2. The summed E-state index contributed by atoms with van der Waals surface area (Å²) in [6.07, 6.45) is -0.710. The minimum absolute atomic E-state index is 0.100. The molecule has 4 aromatic rings. The monoisotopic (exact) mass is 696 g/mol. The van der Waals surface area contributed by atoms with Crippen LogP contribution in [0.3, 0.4) is 0 Å². The van der Waals surface area contributed by atoms with Crippen molar-refractivity contribution in [1.29, 1.82) is 0 Å². The smallest absolute Gasteiger partial charge is 0.408 e. The first-order valence-electron chi connectivity index (χ1n) is 16.7. The maximum Gasteiger partial charge on any atom is 0.408 e. The van der Waals surface area contributed by atoms with E-state index >= 15 is 0 Å². The van der Waals surface area contributed by atoms with Crippen molar-refractivity contribution >= 4 is 46.2 Å². The van der Waals surface area contributed by atoms with Gasteiger partial charge >= 0.3 is 18.2 Å². The number of alkyl carbamates (subject to hydrolysis) is 2. The number of nitrogens with zero attached hydrogens (tertiary/aromatic N) is 2. The summed E-state index contributed by atoms with van der Waals surface area (Å²) in [7, 11) is 2.89. The highest BCUT2D eigenvalue weighted by Gasteiger charge is 2.36. The summed E-state index contributed by atoms with van der Waals surface area (Å²) in [5.74, 6) is -0.244. The van der Waals surface area contributed by atoms with Crippen LogP contribution < -0.4 is 25.2 Å². The van der Waals surface area contributed by atoms with Gasteiger partial charge in [0.25, 0.3) is 5.91 Å². The number of fused-ring (bicyclic) bond motifs is 2. The second-order valence-electron chi connectivity index (χ2n) is 13.1. The Balaban J connectivity index is 1.42. The van der Waals surface area contributed by atoms with Crippen molar-refractivity contribution in [2.24, 2.45) is 0 Å². The third-order valence-electron chi connectivity index (χ3n) is 8.30. The zero-order valence-corrected chi connectivity index (χ0v) is 29.6. The molecule has 51 heavy (non-hydrogen) atoms. The first-order chi connectivity index (χ1) is 24.5. The molecule has 0 spiro atoms. The third-order valence-corrected chi connectivity index (χ3v) is 8.30. The molecular weight excluding hydrogens is 652 g/mol. The van der Waals surface area contributed by atoms with Gasteiger partial charge in [-0.05, 0) is 73.9 Å². The van der Waals surface area contributed by atoms with Gasteiger partial charge in [0.1, 0.15) is 24.0 Å². The molecule has 12 nitrogen and oxygen atoms in total. The van der Waals surface area contributed by atoms with Crippen LogP contribution in [0.4, 0.5) is 21.0 Å². The van der Waals surface area contributed by atoms with Gasteiger partial charge in [-0.25, -0.2) is 14.4 Å². The summed E-state index contributed by atoms with van der Waals surface area (Å²) in [6, 6.07) is 24.9. The number of para-hydroxylation sites is 2. The van der Waals surface area contributed by atoms with Gasteiger partial charge in [-0.1, -0.05) is 54.6 Å². The molecule has 0 bridgehead atoms. The highest BCUT2D eigenvalue weighted by molar-refractivity contribution is 6.04. The lowest BCUT2D eigenvalue weighted by Gasteiger charge is -2.28. The van der Waals surface area contributed by atoms with Crippen LogP contribution in [-0.2, 0) is 32.2 Å². The quantitative estimate of drug-likeness (QED) is 0.107. The molecule has 0 saturated carbocycles. The van der Waals surface area contributed by atoms with Gasteiger partial charge in [0, 0.05) is 25.2 Å². The van der Waals surface area contributed by atoms with E-state index in [1.165, 1.54) is 7.11 Å². The Hall–Kier alpha value is -5.78. The van der Waals surface area contributed by atoms with Crippen molar-refractivity contribution in [2.75, 3.05) is 43.7 Å². The number of carbonyl (C=O) groups excluding carboxylic acids is 4. The number of methoxy groups -OCH3 is 2. The SMILES string of the molecule is COC(=O)c1ccc2c(CN3C(=O)C(NC(=O)OC(C)(C)C)CN(CCCNC(=O)OCc4ccccc4)c4ccccc43)c(OC)ccc2c1. The number of ether oxygens (including phenoxy) is 4. The van der Waals surface area contributed by atoms with Gasteiger partial charge < -0.3 is 39.4 Å². The van der Waals surface area contributed by atoms with E-state index in [0.29, 0.717) is 36.5 Å². The molecule has 268 valence electrons. The molecule has 0 radical (unpaired) electrons. The fourth-order valence-corrected chi connectivity index (χ4v) is 5.96. The van der Waals surface area contributed by atoms with Gasteiger partial charge in [0.15, 0.2) is 0 Å². The summed E-state index contributed by atoms with van der Waals surface area (Å²) in [5, 5.41) is 7.17. The average Bonchev–Trinajstić information content (AvgIpc) is 3.22. The van der Waals surface area contributed by atoms with Crippen molar-refractivity contribution < 1.29 is 38.1 Å². The zero-order valence-electron chi connectivity index (χ0n) is 29.6. The molecule has 0 aliphatic carbocycles. The van der Waals surface area contributed by atoms with Crippen LogP contribution in [0.25, 0.3) is 10.8 Å². The predicted octanol–water partition coefficient (Wildman–Crippen LogP) is 6.20. The van der Waals surface area contributed by atoms with Crippen LogP contribution in [0, 0.1) is 0 Å². The summed E-state index contributed by atoms with van der Waals surface area (Å²) in [6.45, 7) is 6.47. The second-order valence-corrected chi connectivity index (χ2v) is 13.1. The zero-order chi connectivity index (χ0) is 36.5. The lowest BCUT2D eigenvalue weighted by Crippen LogP contribution is -2.53. The van der Waals surface area contributed by atoms with E-state index in [9.17, 15) is 19.2 Å². The lowest BCUT2D eigenvalue weighted by atomic mass is 10.00. The van der Waals surface area contributed by atoms with E-state index in [1.807, 2.05) is 71.6 Å². The molecule has 1 aliphatic heterocycles. The summed E-state index contributed by atoms with van der Waals surface area (Å²) < 4.78 is 21.6. The minimum atomic E-state index is -0.983. The fraction of sp³-hybridized carbons (Fsp3) is 0.333. The van der Waals surface area contributed by atoms with E-state index in [2.05, 4.69) is 10.6 Å². The first-order valence-corrected chi connectivity index (χ1v) is 16.7. The van der Waals surface area contributed by atoms with Crippen LogP contribution in [0.2, 0.25) is 0 Å². The van der Waals surface area contributed by atoms with Crippen molar-refractivity contribution in [3.05, 3.63) is 102 Å². The molecule has 0 aromatic heterocycles. The minimum Gasteiger partial charge on any atom is -0.496 e. The number of hydrogen-bond acceptors (Lipinski definition) is 9. The largest absolute Gasteiger partial charge is 0.496 e. The molecule has 1 unspecified atom stereocenters. The van der Waals surface area contributed by atoms with Crippen LogP contribution >= 0.6 is 0 Å². The van der Waals surface area contributed by atoms with Gasteiger partial charge in [-0.15, -0.1) is 0 Å². The highest BCUT2D eigenvalue weighted by atomic mass is 16.6. The Morgan fingerprint density at radius 1 is 0.882 bits per heavy atom. The average molecular weight is 697 g/mol. The molecule has 5 rings (SSSR count). The summed E-state index contributed by atoms with van der Waals surface area (Å²) in [5.41, 5.74) is 2.64. The predicted molar refractivity (Wildman–Crippen MR) is 194 cm³/mol. The van der Waals surface area contributed by atoms with E-state index in [-0.39, 0.29) is 25.6 Å². The molecule has 1 aliphatic rings. The molecule has 12 heteroatoms. The molecule has 0 saturated heterocycles. The van der Waals surface area contributed by atoms with Crippen molar-refractivity contribution in [1.82, 2.24) is 10.6 Å². The number of rotatable bonds is 11. The number of carbonyl (C=O) groups is 4. The molecule has 1 atom stereocenters. The molecule has 3 amide bonds. The summed E-state index contributed by atoms with van der Waals surface area (Å²) >= 11 is 0. The van der Waals surface area contributed by atoms with E-state index in [0.717, 1.165) is 27.6 Å². The van der Waals surface area contributed by atoms with Gasteiger partial charge in [-0.2, -0.15) is 0 Å². The van der Waals surface area contributed by atoms with Gasteiger partial charge in [0.05, 0.1) is 37.7 Å². The maximum absolute atomic E-state index is 14.5. The van der Waals surface area contributed by atoms with Crippen molar-refractivity contribution in [3.63, 3.8) is 0 Å². The molecule has 4 aromatic carbocycles. The van der Waals surface area contributed by atoms with Crippen molar-refractivity contribution in [2.45, 2.75) is 52.0 Å². The Morgan fingerprint density at radius 2 is 1.61 bits per heavy atom. The fourth-order valence-electron chi connectivity index (χ4n) is 5.96. The normalized spacial score (nSPS) is 14.3. The van der Waals surface area contributed by atoms with Gasteiger partial charge in [-0.3, -0.25) is 4.79 Å². The standard InChI is InChI=1S/C39H44N4O8/c1-39(2,3)51-38(47)41-31-24-42(21-11-20-40-37(46)50-25-26-12-7-6-8-13-26)32-14-9-10-15-33(32)43(35(31)44)23-30-29-18-16-28(36(45)49-5)22-27(29)17-19-34(30)48-4/h6-10,12-19,22,31H,11,20-21,23-25H2,1-5H3,(H,40,46)(H,41,47). The highest BCUT2D eigenvalue weighted by Crippen LogP contribution is 2.37. The molecular formula is C39H44N4O8.